The molecule has 5 rings (SSSR count). The molecule has 8 nitrogen and oxygen atoms in total. The molecule has 0 bridgehead atoms. The number of rotatable bonds is 3. The van der Waals surface area contributed by atoms with Crippen LogP contribution < -0.4 is 11.2 Å². The van der Waals surface area contributed by atoms with Crippen LogP contribution in [-0.4, -0.2) is 42.9 Å². The van der Waals surface area contributed by atoms with E-state index in [4.69, 9.17) is 20.0 Å². The quantitative estimate of drug-likeness (QED) is 0.364. The van der Waals surface area contributed by atoms with E-state index in [1.165, 1.54) is 0 Å². The van der Waals surface area contributed by atoms with E-state index in [0.29, 0.717) is 5.82 Å². The summed E-state index contributed by atoms with van der Waals surface area (Å²) in [4.78, 5) is 8.86. The maximum atomic E-state index is 9.40. The minimum Gasteiger partial charge on any atom is -0.508 e. The zero-order chi connectivity index (χ0) is 26.3. The molecule has 4 N–H and O–H groups in total. The van der Waals surface area contributed by atoms with E-state index in [1.807, 2.05) is 62.6 Å². The molecule has 2 aromatic heterocycles. The summed E-state index contributed by atoms with van der Waals surface area (Å²) < 4.78 is 13.8. The van der Waals surface area contributed by atoms with Gasteiger partial charge in [0.05, 0.1) is 11.2 Å². The Bertz CT molecular complexity index is 1330. The van der Waals surface area contributed by atoms with Gasteiger partial charge in [-0.2, -0.15) is 0 Å². The topological polar surface area (TPSA) is 115 Å². The maximum absolute atomic E-state index is 9.40. The fourth-order valence-electron chi connectivity index (χ4n) is 3.93. The molecule has 36 heavy (non-hydrogen) atoms. The van der Waals surface area contributed by atoms with Gasteiger partial charge >= 0.3 is 7.12 Å². The smallest absolute Gasteiger partial charge is 0.494 e. The number of phenolic OH excluding ortho intramolecular Hbond substituents is 2. The van der Waals surface area contributed by atoms with E-state index in [-0.39, 0.29) is 35.7 Å². The highest BCUT2D eigenvalue weighted by atomic mass is 16.7. The minimum atomic E-state index is -0.356. The lowest BCUT2D eigenvalue weighted by molar-refractivity contribution is 0.00578. The number of hydrogen-bond acceptors (Lipinski definition) is 7. The molecule has 1 saturated heterocycles. The van der Waals surface area contributed by atoms with Crippen LogP contribution in [0.3, 0.4) is 0 Å². The molecule has 3 heterocycles. The van der Waals surface area contributed by atoms with E-state index < -0.39 is 0 Å². The Kier molecular flexibility index (Phi) is 6.73. The Morgan fingerprint density at radius 2 is 1.42 bits per heavy atom. The number of phenols is 2. The maximum Gasteiger partial charge on any atom is 0.494 e. The average molecular weight is 488 g/mol. The number of imidazole rings is 1. The van der Waals surface area contributed by atoms with Gasteiger partial charge in [-0.15, -0.1) is 0 Å². The number of hydrogen-bond donors (Lipinski definition) is 3. The van der Waals surface area contributed by atoms with Crippen molar-refractivity contribution in [1.29, 1.82) is 0 Å². The third kappa shape index (κ3) is 4.89. The predicted molar refractivity (Wildman–Crippen MR) is 142 cm³/mol. The average Bonchev–Trinajstić information content (AvgIpc) is 3.30. The second-order valence-corrected chi connectivity index (χ2v) is 10.2. The summed E-state index contributed by atoms with van der Waals surface area (Å²) >= 11 is 0. The van der Waals surface area contributed by atoms with Gasteiger partial charge in [-0.25, -0.2) is 9.97 Å². The first-order valence-corrected chi connectivity index (χ1v) is 12.0. The minimum absolute atomic E-state index is 0.229. The van der Waals surface area contributed by atoms with Gasteiger partial charge in [-0.1, -0.05) is 26.0 Å². The Balaban J connectivity index is 0.000000174. The lowest BCUT2D eigenvalue weighted by atomic mass is 9.79. The molecule has 188 valence electrons. The zero-order valence-electron chi connectivity index (χ0n) is 21.6. The van der Waals surface area contributed by atoms with Crippen molar-refractivity contribution in [2.45, 2.75) is 58.7 Å². The third-order valence-electron chi connectivity index (χ3n) is 6.69. The number of benzene rings is 2. The first-order chi connectivity index (χ1) is 16.9. The highest BCUT2D eigenvalue weighted by molar-refractivity contribution is 6.62. The molecule has 0 aliphatic carbocycles. The van der Waals surface area contributed by atoms with E-state index >= 15 is 0 Å². The molecule has 1 aliphatic heterocycles. The highest BCUT2D eigenvalue weighted by Gasteiger charge is 2.51. The van der Waals surface area contributed by atoms with Crippen molar-refractivity contribution in [3.05, 3.63) is 66.7 Å². The molecule has 0 atom stereocenters. The van der Waals surface area contributed by atoms with E-state index in [2.05, 4.69) is 18.8 Å². The fourth-order valence-corrected chi connectivity index (χ4v) is 3.93. The Morgan fingerprint density at radius 1 is 0.889 bits per heavy atom. The molecule has 0 amide bonds. The predicted octanol–water partition coefficient (Wildman–Crippen LogP) is 4.50. The van der Waals surface area contributed by atoms with Gasteiger partial charge in [0, 0.05) is 23.9 Å². The molecule has 1 aliphatic rings. The third-order valence-corrected chi connectivity index (χ3v) is 6.69. The lowest BCUT2D eigenvalue weighted by Gasteiger charge is -2.32. The Labute approximate surface area is 211 Å². The summed E-state index contributed by atoms with van der Waals surface area (Å²) in [5, 5.41) is 18.6. The first-order valence-electron chi connectivity index (χ1n) is 12.0. The highest BCUT2D eigenvalue weighted by Crippen LogP contribution is 2.36. The molecule has 1 fully saturated rings. The molecule has 0 unspecified atom stereocenters. The Morgan fingerprint density at radius 3 is 1.94 bits per heavy atom. The zero-order valence-corrected chi connectivity index (χ0v) is 21.6. The first kappa shape index (κ1) is 25.5. The molecule has 0 spiro atoms. The molecule has 9 heteroatoms. The van der Waals surface area contributed by atoms with Gasteiger partial charge in [-0.3, -0.25) is 4.40 Å². The summed E-state index contributed by atoms with van der Waals surface area (Å²) in [6.07, 6.45) is 3.55. The number of fused-ring (bicyclic) bond motifs is 1. The number of anilines is 1. The summed E-state index contributed by atoms with van der Waals surface area (Å²) in [5.41, 5.74) is 8.80. The SMILES string of the molecule is CC(C)c1nc(-c2ccc(O)cc2)c2c(N)nccn12.CC1(C)OB(c2ccc(O)cc2)OC1(C)C. The van der Waals surface area contributed by atoms with Crippen LogP contribution in [0.15, 0.2) is 60.9 Å². The van der Waals surface area contributed by atoms with Gasteiger partial charge < -0.3 is 25.3 Å². The number of nitrogens with zero attached hydrogens (tertiary/aromatic N) is 3. The van der Waals surface area contributed by atoms with Crippen LogP contribution in [0.25, 0.3) is 16.8 Å². The van der Waals surface area contributed by atoms with Crippen LogP contribution in [0, 0.1) is 0 Å². The summed E-state index contributed by atoms with van der Waals surface area (Å²) in [6, 6.07) is 13.8. The van der Waals surface area contributed by atoms with Gasteiger partial charge in [0.15, 0.2) is 0 Å². The van der Waals surface area contributed by atoms with Crippen LogP contribution >= 0.6 is 0 Å². The number of aromatic nitrogens is 3. The molecule has 0 radical (unpaired) electrons. The van der Waals surface area contributed by atoms with Crippen molar-refractivity contribution in [3.8, 4) is 22.8 Å². The normalized spacial score (nSPS) is 16.2. The van der Waals surface area contributed by atoms with Crippen molar-refractivity contribution >= 4 is 23.9 Å². The number of aromatic hydroxyl groups is 2. The van der Waals surface area contributed by atoms with E-state index in [0.717, 1.165) is 28.1 Å². The summed E-state index contributed by atoms with van der Waals surface area (Å²) in [7, 11) is -0.356. The monoisotopic (exact) mass is 488 g/mol. The van der Waals surface area contributed by atoms with Gasteiger partial charge in [-0.05, 0) is 69.6 Å². The standard InChI is InChI=1S/C15H16N4O.C12H17BO3/c1-9(2)15-18-12(10-3-5-11(20)6-4-10)13-14(16)17-7-8-19(13)15;1-11(2)12(3,4)16-13(15-11)9-5-7-10(14)8-6-9/h3-9,20H,1-2H3,(H2,16,17);5-8,14H,1-4H3. The molecular weight excluding hydrogens is 455 g/mol. The van der Waals surface area contributed by atoms with E-state index in [9.17, 15) is 10.2 Å². The van der Waals surface area contributed by atoms with Crippen LogP contribution in [-0.2, 0) is 9.31 Å². The molecule has 0 saturated carbocycles. The van der Waals surface area contributed by atoms with Crippen molar-refractivity contribution in [1.82, 2.24) is 14.4 Å². The van der Waals surface area contributed by atoms with Crippen LogP contribution in [0.4, 0.5) is 5.82 Å². The molecule has 2 aromatic carbocycles. The molecule has 4 aromatic rings. The van der Waals surface area contributed by atoms with E-state index in [1.54, 1.807) is 30.5 Å². The fraction of sp³-hybridized carbons (Fsp3) is 0.333. The Hall–Kier alpha value is -3.56. The molecular formula is C27H33BN4O4. The summed E-state index contributed by atoms with van der Waals surface area (Å²) in [5.74, 6) is 2.15. The van der Waals surface area contributed by atoms with Gasteiger partial charge in [0.1, 0.15) is 34.4 Å². The second kappa shape index (κ2) is 9.48. The van der Waals surface area contributed by atoms with Crippen LogP contribution in [0.5, 0.6) is 11.5 Å². The summed E-state index contributed by atoms with van der Waals surface area (Å²) in [6.45, 7) is 12.3. The number of nitrogen functional groups attached to an aromatic ring is 1. The number of nitrogens with two attached hydrogens (primary N) is 1. The van der Waals surface area contributed by atoms with Crippen molar-refractivity contribution < 1.29 is 19.5 Å². The van der Waals surface area contributed by atoms with Crippen molar-refractivity contribution in [3.63, 3.8) is 0 Å². The van der Waals surface area contributed by atoms with Gasteiger partial charge in [0.25, 0.3) is 0 Å². The van der Waals surface area contributed by atoms with Gasteiger partial charge in [0.2, 0.25) is 0 Å². The lowest BCUT2D eigenvalue weighted by Crippen LogP contribution is -2.41. The van der Waals surface area contributed by atoms with Crippen LogP contribution in [0.1, 0.15) is 53.3 Å². The van der Waals surface area contributed by atoms with Crippen LogP contribution in [0.2, 0.25) is 0 Å². The van der Waals surface area contributed by atoms with Crippen molar-refractivity contribution in [2.75, 3.05) is 5.73 Å². The second-order valence-electron chi connectivity index (χ2n) is 10.2. The largest absolute Gasteiger partial charge is 0.508 e. The van der Waals surface area contributed by atoms with Crippen molar-refractivity contribution in [2.24, 2.45) is 0 Å².